The number of nitrogens with two attached hydrogens (primary N) is 1. The Kier molecular flexibility index (Phi) is 4.71. The molecule has 0 aromatic heterocycles. The Hall–Kier alpha value is -1.13. The maximum absolute atomic E-state index is 12.9. The molecule has 0 saturated heterocycles. The van der Waals surface area contributed by atoms with Crippen LogP contribution in [0.4, 0.5) is 4.39 Å². The van der Waals surface area contributed by atoms with Crippen molar-refractivity contribution >= 4 is 17.5 Å². The Morgan fingerprint density at radius 1 is 1.62 bits per heavy atom. The molecular formula is C11H14ClFN2O. The van der Waals surface area contributed by atoms with Crippen LogP contribution < -0.4 is 11.1 Å². The second kappa shape index (κ2) is 5.82. The van der Waals surface area contributed by atoms with Crippen molar-refractivity contribution in [1.82, 2.24) is 5.32 Å². The highest BCUT2D eigenvalue weighted by molar-refractivity contribution is 6.30. The number of carbonyl (C=O) groups excluding carboxylic acids is 1. The van der Waals surface area contributed by atoms with E-state index in [9.17, 15) is 9.18 Å². The molecule has 88 valence electrons. The van der Waals surface area contributed by atoms with Gasteiger partial charge in [-0.25, -0.2) is 4.39 Å². The summed E-state index contributed by atoms with van der Waals surface area (Å²) in [6, 6.07) is 4.41. The number of carbonyl (C=O) groups is 1. The van der Waals surface area contributed by atoms with Gasteiger partial charge in [0, 0.05) is 13.6 Å². The Morgan fingerprint density at radius 2 is 2.31 bits per heavy atom. The molecule has 3 nitrogen and oxygen atoms in total. The van der Waals surface area contributed by atoms with Crippen LogP contribution >= 0.6 is 11.6 Å². The Bertz CT molecular complexity index is 384. The van der Waals surface area contributed by atoms with Crippen molar-refractivity contribution in [2.75, 3.05) is 13.6 Å². The van der Waals surface area contributed by atoms with E-state index in [0.29, 0.717) is 6.42 Å². The Labute approximate surface area is 98.8 Å². The number of hydrogen-bond donors (Lipinski definition) is 2. The monoisotopic (exact) mass is 244 g/mol. The summed E-state index contributed by atoms with van der Waals surface area (Å²) < 4.78 is 12.9. The van der Waals surface area contributed by atoms with Gasteiger partial charge in [0.1, 0.15) is 5.82 Å². The summed E-state index contributed by atoms with van der Waals surface area (Å²) in [4.78, 5) is 11.4. The molecule has 1 aromatic rings. The van der Waals surface area contributed by atoms with Gasteiger partial charge in [0.25, 0.3) is 0 Å². The largest absolute Gasteiger partial charge is 0.359 e. The van der Waals surface area contributed by atoms with Crippen LogP contribution in [-0.4, -0.2) is 19.5 Å². The molecular weight excluding hydrogens is 231 g/mol. The lowest BCUT2D eigenvalue weighted by molar-refractivity contribution is -0.124. The second-order valence-corrected chi connectivity index (χ2v) is 3.91. The van der Waals surface area contributed by atoms with Crippen molar-refractivity contribution in [2.24, 2.45) is 11.7 Å². The number of nitrogens with one attached hydrogen (secondary N) is 1. The molecule has 0 radical (unpaired) electrons. The fraction of sp³-hybridized carbons (Fsp3) is 0.364. The highest BCUT2D eigenvalue weighted by atomic mass is 35.5. The zero-order valence-corrected chi connectivity index (χ0v) is 9.72. The summed E-state index contributed by atoms with van der Waals surface area (Å²) >= 11 is 5.65. The molecule has 0 heterocycles. The molecule has 0 fully saturated rings. The van der Waals surface area contributed by atoms with E-state index >= 15 is 0 Å². The molecule has 0 unspecified atom stereocenters. The summed E-state index contributed by atoms with van der Waals surface area (Å²) in [5.41, 5.74) is 6.29. The van der Waals surface area contributed by atoms with Gasteiger partial charge in [0.2, 0.25) is 5.91 Å². The average Bonchev–Trinajstić information content (AvgIpc) is 2.29. The van der Waals surface area contributed by atoms with E-state index in [2.05, 4.69) is 5.32 Å². The van der Waals surface area contributed by atoms with Crippen LogP contribution in [0.5, 0.6) is 0 Å². The summed E-state index contributed by atoms with van der Waals surface area (Å²) in [6.45, 7) is 0.245. The molecule has 0 aliphatic rings. The van der Waals surface area contributed by atoms with E-state index in [4.69, 9.17) is 17.3 Å². The predicted octanol–water partition coefficient (Wildman–Crippen LogP) is 1.34. The van der Waals surface area contributed by atoms with Crippen molar-refractivity contribution in [3.8, 4) is 0 Å². The third kappa shape index (κ3) is 3.18. The van der Waals surface area contributed by atoms with E-state index < -0.39 is 5.82 Å². The summed E-state index contributed by atoms with van der Waals surface area (Å²) in [5, 5.41) is 2.60. The lowest BCUT2D eigenvalue weighted by Crippen LogP contribution is -2.34. The molecule has 1 atom stereocenters. The first kappa shape index (κ1) is 12.9. The van der Waals surface area contributed by atoms with Crippen LogP contribution in [0.3, 0.4) is 0 Å². The standard InChI is InChI=1S/C11H14ClFN2O/c1-15-11(16)8(6-14)4-7-2-3-10(13)9(12)5-7/h2-3,5,8H,4,6,14H2,1H3,(H,15,16)/t8-/m0/s1. The van der Waals surface area contributed by atoms with E-state index in [0.717, 1.165) is 5.56 Å². The Balaban J connectivity index is 2.78. The molecule has 0 bridgehead atoms. The van der Waals surface area contributed by atoms with Gasteiger partial charge in [-0.1, -0.05) is 17.7 Å². The third-order valence-corrected chi connectivity index (χ3v) is 2.66. The van der Waals surface area contributed by atoms with Crippen molar-refractivity contribution in [3.05, 3.63) is 34.6 Å². The van der Waals surface area contributed by atoms with Gasteiger partial charge in [-0.15, -0.1) is 0 Å². The molecule has 0 aliphatic heterocycles. The Morgan fingerprint density at radius 3 is 2.81 bits per heavy atom. The van der Waals surface area contributed by atoms with Gasteiger partial charge in [0.15, 0.2) is 0 Å². The fourth-order valence-corrected chi connectivity index (χ4v) is 1.64. The lowest BCUT2D eigenvalue weighted by atomic mass is 9.98. The van der Waals surface area contributed by atoms with Crippen LogP contribution in [0, 0.1) is 11.7 Å². The van der Waals surface area contributed by atoms with Gasteiger partial charge in [-0.3, -0.25) is 4.79 Å². The predicted molar refractivity (Wildman–Crippen MR) is 61.7 cm³/mol. The highest BCUT2D eigenvalue weighted by Gasteiger charge is 2.16. The normalized spacial score (nSPS) is 12.2. The lowest BCUT2D eigenvalue weighted by Gasteiger charge is -2.13. The minimum Gasteiger partial charge on any atom is -0.359 e. The van der Waals surface area contributed by atoms with E-state index in [1.807, 2.05) is 0 Å². The van der Waals surface area contributed by atoms with E-state index in [1.54, 1.807) is 13.1 Å². The maximum Gasteiger partial charge on any atom is 0.224 e. The quantitative estimate of drug-likeness (QED) is 0.840. The first-order valence-corrected chi connectivity index (χ1v) is 5.32. The van der Waals surface area contributed by atoms with Gasteiger partial charge < -0.3 is 11.1 Å². The van der Waals surface area contributed by atoms with Crippen LogP contribution in [0.2, 0.25) is 5.02 Å². The smallest absolute Gasteiger partial charge is 0.224 e. The number of rotatable bonds is 4. The summed E-state index contributed by atoms with van der Waals surface area (Å²) in [5.74, 6) is -0.899. The van der Waals surface area contributed by atoms with Crippen LogP contribution in [0.25, 0.3) is 0 Å². The van der Waals surface area contributed by atoms with E-state index in [-0.39, 0.29) is 23.4 Å². The minimum atomic E-state index is -0.463. The maximum atomic E-state index is 12.9. The van der Waals surface area contributed by atoms with Crippen molar-refractivity contribution < 1.29 is 9.18 Å². The molecule has 1 aromatic carbocycles. The highest BCUT2D eigenvalue weighted by Crippen LogP contribution is 2.18. The molecule has 3 N–H and O–H groups in total. The number of hydrogen-bond acceptors (Lipinski definition) is 2. The van der Waals surface area contributed by atoms with Crippen LogP contribution in [0.15, 0.2) is 18.2 Å². The number of halogens is 2. The molecule has 0 spiro atoms. The SMILES string of the molecule is CNC(=O)[C@H](CN)Cc1ccc(F)c(Cl)c1. The molecule has 5 heteroatoms. The van der Waals surface area contributed by atoms with Crippen molar-refractivity contribution in [3.63, 3.8) is 0 Å². The fourth-order valence-electron chi connectivity index (χ4n) is 1.44. The summed E-state index contributed by atoms with van der Waals surface area (Å²) in [6.07, 6.45) is 0.455. The van der Waals surface area contributed by atoms with Crippen LogP contribution in [-0.2, 0) is 11.2 Å². The zero-order chi connectivity index (χ0) is 12.1. The first-order chi connectivity index (χ1) is 7.58. The molecule has 1 amide bonds. The summed E-state index contributed by atoms with van der Waals surface area (Å²) in [7, 11) is 1.56. The third-order valence-electron chi connectivity index (χ3n) is 2.37. The van der Waals surface area contributed by atoms with Gasteiger partial charge >= 0.3 is 0 Å². The average molecular weight is 245 g/mol. The number of amides is 1. The molecule has 0 aliphatic carbocycles. The molecule has 1 rings (SSSR count). The van der Waals surface area contributed by atoms with E-state index in [1.165, 1.54) is 12.1 Å². The first-order valence-electron chi connectivity index (χ1n) is 4.94. The van der Waals surface area contributed by atoms with Gasteiger partial charge in [0.05, 0.1) is 10.9 Å². The van der Waals surface area contributed by atoms with Gasteiger partial charge in [-0.05, 0) is 24.1 Å². The second-order valence-electron chi connectivity index (χ2n) is 3.50. The van der Waals surface area contributed by atoms with Crippen molar-refractivity contribution in [1.29, 1.82) is 0 Å². The minimum absolute atomic E-state index is 0.0604. The zero-order valence-electron chi connectivity index (χ0n) is 8.97. The van der Waals surface area contributed by atoms with Crippen LogP contribution in [0.1, 0.15) is 5.56 Å². The van der Waals surface area contributed by atoms with Crippen molar-refractivity contribution in [2.45, 2.75) is 6.42 Å². The van der Waals surface area contributed by atoms with Gasteiger partial charge in [-0.2, -0.15) is 0 Å². The number of benzene rings is 1. The molecule has 16 heavy (non-hydrogen) atoms. The topological polar surface area (TPSA) is 55.1 Å². The molecule has 0 saturated carbocycles.